The topological polar surface area (TPSA) is 44.7 Å². The number of piperidine rings is 1. The third kappa shape index (κ3) is 6.01. The first kappa shape index (κ1) is 20.7. The zero-order chi connectivity index (χ0) is 19.9. The first-order chi connectivity index (χ1) is 13.5. The highest BCUT2D eigenvalue weighted by atomic mass is 79.9. The van der Waals surface area contributed by atoms with Crippen molar-refractivity contribution >= 4 is 28.1 Å². The average Bonchev–Trinajstić information content (AvgIpc) is 2.70. The fourth-order valence-corrected chi connectivity index (χ4v) is 3.69. The summed E-state index contributed by atoms with van der Waals surface area (Å²) in [5.41, 5.74) is 6.32. The van der Waals surface area contributed by atoms with E-state index in [9.17, 15) is 4.79 Å². The van der Waals surface area contributed by atoms with E-state index in [0.717, 1.165) is 42.5 Å². The van der Waals surface area contributed by atoms with E-state index in [2.05, 4.69) is 81.6 Å². The maximum absolute atomic E-state index is 12.4. The van der Waals surface area contributed by atoms with Gasteiger partial charge >= 0.3 is 0 Å². The number of carbonyl (C=O) groups excluding carboxylic acids is 1. The lowest BCUT2D eigenvalue weighted by atomic mass is 9.96. The Morgan fingerprint density at radius 1 is 1.14 bits per heavy atom. The maximum atomic E-state index is 12.4. The number of nitrogens with one attached hydrogen (secondary N) is 1. The van der Waals surface area contributed by atoms with Gasteiger partial charge in [0.1, 0.15) is 0 Å². The highest BCUT2D eigenvalue weighted by Crippen LogP contribution is 2.20. The largest absolute Gasteiger partial charge is 0.299 e. The fraction of sp³-hybridized carbons (Fsp3) is 0.391. The molecule has 1 saturated heterocycles. The second-order valence-corrected chi connectivity index (χ2v) is 8.65. The Hall–Kier alpha value is -1.98. The van der Waals surface area contributed by atoms with Gasteiger partial charge in [-0.15, -0.1) is 0 Å². The molecular weight excluding hydrogens is 414 g/mol. The standard InChI is InChI=1S/C23H28BrN3O/c1-17(2)20-7-3-18(4-8-20)15-25-26-23(28)21-11-13-27(14-12-21)16-19-5-9-22(24)10-6-19/h3-10,15,17,21H,11-14,16H2,1-2H3,(H,26,28). The van der Waals surface area contributed by atoms with Crippen LogP contribution < -0.4 is 5.43 Å². The molecule has 1 heterocycles. The van der Waals surface area contributed by atoms with Crippen molar-refractivity contribution in [3.63, 3.8) is 0 Å². The van der Waals surface area contributed by atoms with Gasteiger partial charge in [0, 0.05) is 16.9 Å². The summed E-state index contributed by atoms with van der Waals surface area (Å²) in [4.78, 5) is 14.8. The highest BCUT2D eigenvalue weighted by Gasteiger charge is 2.24. The van der Waals surface area contributed by atoms with Gasteiger partial charge in [-0.25, -0.2) is 5.43 Å². The summed E-state index contributed by atoms with van der Waals surface area (Å²) in [7, 11) is 0. The quantitative estimate of drug-likeness (QED) is 0.509. The Balaban J connectivity index is 1.42. The van der Waals surface area contributed by atoms with E-state index in [1.54, 1.807) is 6.21 Å². The minimum Gasteiger partial charge on any atom is -0.299 e. The molecule has 5 heteroatoms. The molecule has 1 amide bonds. The lowest BCUT2D eigenvalue weighted by Crippen LogP contribution is -2.39. The second kappa shape index (κ2) is 9.99. The number of hydrogen-bond acceptors (Lipinski definition) is 3. The lowest BCUT2D eigenvalue weighted by Gasteiger charge is -2.30. The molecule has 28 heavy (non-hydrogen) atoms. The number of nitrogens with zero attached hydrogens (tertiary/aromatic N) is 2. The minimum atomic E-state index is 0.0262. The van der Waals surface area contributed by atoms with Gasteiger partial charge in [0.05, 0.1) is 6.21 Å². The first-order valence-corrected chi connectivity index (χ1v) is 10.7. The van der Waals surface area contributed by atoms with Gasteiger partial charge in [0.2, 0.25) is 5.91 Å². The molecule has 3 rings (SSSR count). The van der Waals surface area contributed by atoms with E-state index in [0.29, 0.717) is 5.92 Å². The monoisotopic (exact) mass is 441 g/mol. The lowest BCUT2D eigenvalue weighted by molar-refractivity contribution is -0.126. The molecule has 0 spiro atoms. The van der Waals surface area contributed by atoms with Crippen molar-refractivity contribution in [2.45, 2.75) is 39.2 Å². The Morgan fingerprint density at radius 2 is 1.79 bits per heavy atom. The molecule has 1 aliphatic heterocycles. The van der Waals surface area contributed by atoms with Gasteiger partial charge in [0.15, 0.2) is 0 Å². The molecule has 2 aromatic rings. The van der Waals surface area contributed by atoms with Gasteiger partial charge in [-0.1, -0.05) is 66.2 Å². The average molecular weight is 442 g/mol. The molecule has 4 nitrogen and oxygen atoms in total. The van der Waals surface area contributed by atoms with Gasteiger partial charge in [-0.2, -0.15) is 5.10 Å². The molecule has 148 valence electrons. The summed E-state index contributed by atoms with van der Waals surface area (Å²) in [6.45, 7) is 7.16. The molecule has 0 atom stereocenters. The number of hydrogen-bond donors (Lipinski definition) is 1. The van der Waals surface area contributed by atoms with Crippen LogP contribution in [-0.4, -0.2) is 30.1 Å². The number of hydrazone groups is 1. The highest BCUT2D eigenvalue weighted by molar-refractivity contribution is 9.10. The zero-order valence-corrected chi connectivity index (χ0v) is 18.2. The Labute approximate surface area is 176 Å². The summed E-state index contributed by atoms with van der Waals surface area (Å²) in [6.07, 6.45) is 3.46. The van der Waals surface area contributed by atoms with Crippen LogP contribution in [0.3, 0.4) is 0 Å². The Kier molecular flexibility index (Phi) is 7.40. The van der Waals surface area contributed by atoms with E-state index in [1.165, 1.54) is 11.1 Å². The van der Waals surface area contributed by atoms with Crippen LogP contribution >= 0.6 is 15.9 Å². The third-order valence-corrected chi connectivity index (χ3v) is 5.80. The van der Waals surface area contributed by atoms with E-state index >= 15 is 0 Å². The predicted octanol–water partition coefficient (Wildman–Crippen LogP) is 4.93. The number of carbonyl (C=O) groups is 1. The molecule has 0 radical (unpaired) electrons. The van der Waals surface area contributed by atoms with Crippen LogP contribution in [0.5, 0.6) is 0 Å². The normalized spacial score (nSPS) is 16.0. The summed E-state index contributed by atoms with van der Waals surface area (Å²) in [5.74, 6) is 0.584. The summed E-state index contributed by atoms with van der Waals surface area (Å²) in [6, 6.07) is 16.7. The van der Waals surface area contributed by atoms with Crippen LogP contribution in [0.1, 0.15) is 49.3 Å². The van der Waals surface area contributed by atoms with Crippen molar-refractivity contribution in [1.29, 1.82) is 0 Å². The van der Waals surface area contributed by atoms with Crippen molar-refractivity contribution in [3.05, 3.63) is 69.7 Å². The number of halogens is 1. The van der Waals surface area contributed by atoms with Crippen molar-refractivity contribution in [1.82, 2.24) is 10.3 Å². The number of amides is 1. The maximum Gasteiger partial charge on any atom is 0.243 e. The van der Waals surface area contributed by atoms with Crippen LogP contribution in [0.4, 0.5) is 0 Å². The SMILES string of the molecule is CC(C)c1ccc(C=NNC(=O)C2CCN(Cc3ccc(Br)cc3)CC2)cc1. The molecule has 2 aromatic carbocycles. The number of likely N-dealkylation sites (tertiary alicyclic amines) is 1. The fourth-order valence-electron chi connectivity index (χ4n) is 3.43. The number of benzene rings is 2. The van der Waals surface area contributed by atoms with Crippen molar-refractivity contribution in [3.8, 4) is 0 Å². The third-order valence-electron chi connectivity index (χ3n) is 5.27. The molecular formula is C23H28BrN3O. The molecule has 0 bridgehead atoms. The van der Waals surface area contributed by atoms with Crippen molar-refractivity contribution < 1.29 is 4.79 Å². The van der Waals surface area contributed by atoms with E-state index in [1.807, 2.05) is 12.1 Å². The predicted molar refractivity (Wildman–Crippen MR) is 118 cm³/mol. The van der Waals surface area contributed by atoms with Crippen LogP contribution in [0.2, 0.25) is 0 Å². The van der Waals surface area contributed by atoms with Crippen molar-refractivity contribution in [2.75, 3.05) is 13.1 Å². The smallest absolute Gasteiger partial charge is 0.243 e. The van der Waals surface area contributed by atoms with Gasteiger partial charge in [-0.3, -0.25) is 9.69 Å². The van der Waals surface area contributed by atoms with E-state index in [4.69, 9.17) is 0 Å². The molecule has 1 aliphatic rings. The van der Waals surface area contributed by atoms with Gasteiger partial charge in [0.25, 0.3) is 0 Å². The minimum absolute atomic E-state index is 0.0262. The van der Waals surface area contributed by atoms with E-state index in [-0.39, 0.29) is 11.8 Å². The summed E-state index contributed by atoms with van der Waals surface area (Å²) < 4.78 is 1.10. The molecule has 0 saturated carbocycles. The van der Waals surface area contributed by atoms with Crippen LogP contribution in [0, 0.1) is 5.92 Å². The van der Waals surface area contributed by atoms with Crippen LogP contribution in [-0.2, 0) is 11.3 Å². The summed E-state index contributed by atoms with van der Waals surface area (Å²) >= 11 is 3.47. The molecule has 0 aliphatic carbocycles. The number of rotatable bonds is 6. The second-order valence-electron chi connectivity index (χ2n) is 7.73. The molecule has 0 aromatic heterocycles. The van der Waals surface area contributed by atoms with E-state index < -0.39 is 0 Å². The zero-order valence-electron chi connectivity index (χ0n) is 16.6. The van der Waals surface area contributed by atoms with Gasteiger partial charge < -0.3 is 0 Å². The van der Waals surface area contributed by atoms with Gasteiger partial charge in [-0.05, 0) is 60.7 Å². The Morgan fingerprint density at radius 3 is 2.39 bits per heavy atom. The summed E-state index contributed by atoms with van der Waals surface area (Å²) in [5, 5.41) is 4.14. The van der Waals surface area contributed by atoms with Crippen LogP contribution in [0.25, 0.3) is 0 Å². The molecule has 1 N–H and O–H groups in total. The first-order valence-electron chi connectivity index (χ1n) is 9.91. The molecule has 1 fully saturated rings. The van der Waals surface area contributed by atoms with Crippen molar-refractivity contribution in [2.24, 2.45) is 11.0 Å². The van der Waals surface area contributed by atoms with Crippen LogP contribution in [0.15, 0.2) is 58.1 Å². The molecule has 0 unspecified atom stereocenters. The Bertz CT molecular complexity index is 792.